The predicted molar refractivity (Wildman–Crippen MR) is 104 cm³/mol. The third-order valence-corrected chi connectivity index (χ3v) is 7.53. The van der Waals surface area contributed by atoms with Crippen LogP contribution in [0.4, 0.5) is 13.2 Å². The zero-order valence-electron chi connectivity index (χ0n) is 14.8. The summed E-state index contributed by atoms with van der Waals surface area (Å²) in [7, 11) is 0. The predicted octanol–water partition coefficient (Wildman–Crippen LogP) is 5.84. The van der Waals surface area contributed by atoms with E-state index in [4.69, 9.17) is 5.11 Å². The number of alkyl halides is 3. The van der Waals surface area contributed by atoms with Gasteiger partial charge in [0.2, 0.25) is 0 Å². The summed E-state index contributed by atoms with van der Waals surface area (Å²) >= 11 is 2.95. The van der Waals surface area contributed by atoms with E-state index < -0.39 is 22.7 Å². The smallest absolute Gasteiger partial charge is 0.435 e. The molecule has 0 amide bonds. The van der Waals surface area contributed by atoms with Crippen LogP contribution < -0.4 is 0 Å². The van der Waals surface area contributed by atoms with Crippen molar-refractivity contribution in [3.63, 3.8) is 0 Å². The first-order valence-electron chi connectivity index (χ1n) is 8.82. The fraction of sp³-hybridized carbons (Fsp3) is 0.412. The lowest BCUT2D eigenvalue weighted by molar-refractivity contribution is -0.141. The van der Waals surface area contributed by atoms with Crippen molar-refractivity contribution in [3.05, 3.63) is 28.1 Å². The normalized spacial score (nSPS) is 15.7. The van der Waals surface area contributed by atoms with Crippen LogP contribution in [0.5, 0.6) is 0 Å². The first-order valence-corrected chi connectivity index (χ1v) is 11.3. The number of carboxylic acids is 1. The minimum Gasteiger partial charge on any atom is -0.477 e. The Kier molecular flexibility index (Phi) is 5.67. The molecule has 0 spiro atoms. The quantitative estimate of drug-likeness (QED) is 0.515. The van der Waals surface area contributed by atoms with Gasteiger partial charge in [-0.25, -0.2) is 9.78 Å². The summed E-state index contributed by atoms with van der Waals surface area (Å²) in [6.45, 7) is 0. The van der Waals surface area contributed by atoms with Crippen LogP contribution in [0.3, 0.4) is 0 Å². The van der Waals surface area contributed by atoms with Crippen molar-refractivity contribution in [2.45, 2.75) is 53.8 Å². The number of halogens is 3. The molecule has 3 aromatic rings. The largest absolute Gasteiger partial charge is 0.477 e. The molecule has 4 rings (SSSR count). The molecule has 1 aliphatic rings. The maximum atomic E-state index is 13.2. The molecule has 0 saturated heterocycles. The van der Waals surface area contributed by atoms with Gasteiger partial charge < -0.3 is 5.11 Å². The molecule has 0 radical (unpaired) electrons. The van der Waals surface area contributed by atoms with Crippen LogP contribution in [0.15, 0.2) is 27.0 Å². The van der Waals surface area contributed by atoms with Crippen molar-refractivity contribution < 1.29 is 23.1 Å². The third-order valence-electron chi connectivity index (χ3n) is 4.59. The lowest BCUT2D eigenvalue weighted by Gasteiger charge is -2.25. The lowest BCUT2D eigenvalue weighted by atomic mass is 9.95. The zero-order valence-corrected chi connectivity index (χ0v) is 17.3. The van der Waals surface area contributed by atoms with E-state index >= 15 is 0 Å². The summed E-state index contributed by atoms with van der Waals surface area (Å²) in [6, 6.07) is 3.98. The van der Waals surface area contributed by atoms with Gasteiger partial charge in [0, 0.05) is 6.04 Å². The number of aromatic carboxylic acids is 1. The van der Waals surface area contributed by atoms with Gasteiger partial charge in [0.1, 0.15) is 4.88 Å². The van der Waals surface area contributed by atoms with Gasteiger partial charge in [-0.2, -0.15) is 13.2 Å². The van der Waals surface area contributed by atoms with E-state index in [1.54, 1.807) is 0 Å². The molecular weight excluding hydrogens is 445 g/mol. The molecule has 0 unspecified atom stereocenters. The van der Waals surface area contributed by atoms with Crippen LogP contribution in [-0.4, -0.2) is 30.8 Å². The number of aromatic nitrogens is 4. The molecule has 1 fully saturated rings. The zero-order chi connectivity index (χ0) is 20.6. The van der Waals surface area contributed by atoms with Crippen LogP contribution in [0.25, 0.3) is 10.7 Å². The Hall–Kier alpha value is -1.92. The number of hydrogen-bond acceptors (Lipinski definition) is 7. The van der Waals surface area contributed by atoms with E-state index in [0.29, 0.717) is 22.3 Å². The monoisotopic (exact) mass is 460 g/mol. The van der Waals surface area contributed by atoms with Crippen LogP contribution in [0, 0.1) is 0 Å². The van der Waals surface area contributed by atoms with Crippen LogP contribution in [0.1, 0.15) is 53.5 Å². The highest BCUT2D eigenvalue weighted by Crippen LogP contribution is 2.42. The number of hydrogen-bond donors (Lipinski definition) is 1. The second-order valence-corrected chi connectivity index (χ2v) is 9.67. The fourth-order valence-corrected chi connectivity index (χ4v) is 6.06. The van der Waals surface area contributed by atoms with E-state index in [9.17, 15) is 18.0 Å². The molecule has 0 aromatic carbocycles. The van der Waals surface area contributed by atoms with Crippen molar-refractivity contribution in [1.29, 1.82) is 0 Å². The standard InChI is InChI=1S/C17H15F3N4O2S3/c18-17(19,20)12-11(14(25)26)28-16(21-12)29-15-23-22-13(10-7-4-8-27-10)24(15)9-5-2-1-3-6-9/h4,7-9H,1-3,5-6H2,(H,25,26). The van der Waals surface area contributed by atoms with Gasteiger partial charge in [-0.3, -0.25) is 4.57 Å². The van der Waals surface area contributed by atoms with Crippen molar-refractivity contribution in [1.82, 2.24) is 19.7 Å². The van der Waals surface area contributed by atoms with Crippen LogP contribution in [-0.2, 0) is 6.18 Å². The van der Waals surface area contributed by atoms with E-state index in [1.165, 1.54) is 11.3 Å². The molecule has 3 heterocycles. The molecule has 6 nitrogen and oxygen atoms in total. The minimum absolute atomic E-state index is 0.0167. The second kappa shape index (κ2) is 8.07. The van der Waals surface area contributed by atoms with E-state index in [0.717, 1.165) is 48.7 Å². The maximum Gasteiger partial charge on any atom is 0.435 e. The Morgan fingerprint density at radius 1 is 1.24 bits per heavy atom. The number of thiophene rings is 1. The summed E-state index contributed by atoms with van der Waals surface area (Å²) in [5.74, 6) is -0.963. The summed E-state index contributed by atoms with van der Waals surface area (Å²) in [5, 5.41) is 20.0. The average molecular weight is 461 g/mol. The molecule has 29 heavy (non-hydrogen) atoms. The van der Waals surface area contributed by atoms with Crippen molar-refractivity contribution in [3.8, 4) is 10.7 Å². The maximum absolute atomic E-state index is 13.2. The number of rotatable bonds is 5. The Balaban J connectivity index is 1.73. The van der Waals surface area contributed by atoms with Crippen molar-refractivity contribution >= 4 is 40.4 Å². The Labute approximate surface area is 175 Å². The molecule has 0 aliphatic heterocycles. The van der Waals surface area contributed by atoms with Crippen molar-refractivity contribution in [2.24, 2.45) is 0 Å². The molecular formula is C17H15F3N4O2S3. The number of carboxylic acid groups (broad SMARTS) is 1. The number of carbonyl (C=O) groups is 1. The van der Waals surface area contributed by atoms with Gasteiger partial charge in [-0.1, -0.05) is 36.7 Å². The average Bonchev–Trinajstić information content (AvgIpc) is 3.41. The highest BCUT2D eigenvalue weighted by Gasteiger charge is 2.40. The summed E-state index contributed by atoms with van der Waals surface area (Å²) in [5.41, 5.74) is -1.38. The number of nitrogens with zero attached hydrogens (tertiary/aromatic N) is 4. The first-order chi connectivity index (χ1) is 13.8. The first kappa shape index (κ1) is 20.4. The lowest BCUT2D eigenvalue weighted by Crippen LogP contribution is -2.14. The molecule has 0 bridgehead atoms. The molecule has 1 saturated carbocycles. The molecule has 3 aromatic heterocycles. The van der Waals surface area contributed by atoms with Gasteiger partial charge in [-0.15, -0.1) is 21.5 Å². The SMILES string of the molecule is O=C(O)c1sc(Sc2nnc(-c3cccs3)n2C2CCCCC2)nc1C(F)(F)F. The van der Waals surface area contributed by atoms with Gasteiger partial charge in [0.15, 0.2) is 21.0 Å². The highest BCUT2D eigenvalue weighted by atomic mass is 32.2. The topological polar surface area (TPSA) is 80.9 Å². The van der Waals surface area contributed by atoms with Gasteiger partial charge in [0.05, 0.1) is 4.88 Å². The molecule has 0 atom stereocenters. The van der Waals surface area contributed by atoms with Gasteiger partial charge in [0.25, 0.3) is 0 Å². The summed E-state index contributed by atoms with van der Waals surface area (Å²) < 4.78 is 41.4. The van der Waals surface area contributed by atoms with Gasteiger partial charge in [-0.05, 0) is 36.0 Å². The van der Waals surface area contributed by atoms with E-state index in [2.05, 4.69) is 15.2 Å². The molecule has 12 heteroatoms. The van der Waals surface area contributed by atoms with Gasteiger partial charge >= 0.3 is 12.1 Å². The fourth-order valence-electron chi connectivity index (χ4n) is 3.35. The van der Waals surface area contributed by atoms with E-state index in [-0.39, 0.29) is 10.4 Å². The van der Waals surface area contributed by atoms with Crippen molar-refractivity contribution in [2.75, 3.05) is 0 Å². The third kappa shape index (κ3) is 4.19. The number of thiazole rings is 1. The highest BCUT2D eigenvalue weighted by molar-refractivity contribution is 8.00. The van der Waals surface area contributed by atoms with Crippen LogP contribution in [0.2, 0.25) is 0 Å². The molecule has 154 valence electrons. The minimum atomic E-state index is -4.83. The second-order valence-electron chi connectivity index (χ2n) is 6.51. The summed E-state index contributed by atoms with van der Waals surface area (Å²) in [4.78, 5) is 14.9. The van der Waals surface area contributed by atoms with E-state index in [1.807, 2.05) is 22.1 Å². The molecule has 1 N–H and O–H groups in total. The Morgan fingerprint density at radius 2 is 2.00 bits per heavy atom. The molecule has 1 aliphatic carbocycles. The Morgan fingerprint density at radius 3 is 2.59 bits per heavy atom. The summed E-state index contributed by atoms with van der Waals surface area (Å²) in [6.07, 6.45) is 0.331. The Bertz CT molecular complexity index is 1010. The van der Waals surface area contributed by atoms with Crippen LogP contribution >= 0.6 is 34.4 Å².